The Kier molecular flexibility index (Phi) is 6.73. The van der Waals surface area contributed by atoms with Crippen LogP contribution in [0.4, 0.5) is 5.13 Å². The molecular weight excluding hydrogens is 272 g/mol. The average Bonchev–Trinajstić information content (AvgIpc) is 2.63. The summed E-state index contributed by atoms with van der Waals surface area (Å²) in [5.74, 6) is -0.211. The van der Waals surface area contributed by atoms with Crippen molar-refractivity contribution in [1.82, 2.24) is 10.2 Å². The van der Waals surface area contributed by atoms with Crippen LogP contribution in [-0.2, 0) is 11.2 Å². The van der Waals surface area contributed by atoms with Crippen LogP contribution in [0.1, 0.15) is 39.1 Å². The summed E-state index contributed by atoms with van der Waals surface area (Å²) in [5, 5.41) is 12.1. The van der Waals surface area contributed by atoms with Gasteiger partial charge in [0.05, 0.1) is 6.04 Å². The molecule has 0 saturated heterocycles. The molecule has 1 heterocycles. The molecule has 3 N–H and O–H groups in total. The fraction of sp³-hybridized carbons (Fsp3) is 0.727. The molecule has 1 aromatic rings. The Bertz CT molecular complexity index is 389. The van der Waals surface area contributed by atoms with Gasteiger partial charge in [-0.2, -0.15) is 0 Å². The van der Waals surface area contributed by atoms with Gasteiger partial charge in [-0.25, -0.2) is 0 Å². The molecule has 0 aliphatic carbocycles. The first-order valence-electron chi connectivity index (χ1n) is 5.73. The number of hydrogen-bond donors (Lipinski definition) is 2. The Balaban J connectivity index is 0.00000289. The van der Waals surface area contributed by atoms with Crippen LogP contribution in [0, 0.1) is 5.41 Å². The van der Waals surface area contributed by atoms with E-state index in [1.54, 1.807) is 0 Å². The maximum atomic E-state index is 11.8. The minimum atomic E-state index is -0.555. The molecule has 1 rings (SSSR count). The number of halogens is 1. The minimum absolute atomic E-state index is 0. The monoisotopic (exact) mass is 292 g/mol. The predicted molar refractivity (Wildman–Crippen MR) is 77.2 cm³/mol. The Morgan fingerprint density at radius 2 is 2.06 bits per heavy atom. The van der Waals surface area contributed by atoms with Gasteiger partial charge in [0.25, 0.3) is 0 Å². The maximum Gasteiger partial charge on any atom is 0.243 e. The molecule has 0 saturated carbocycles. The van der Waals surface area contributed by atoms with E-state index in [-0.39, 0.29) is 23.7 Å². The zero-order valence-electron chi connectivity index (χ0n) is 11.2. The SMILES string of the molecule is CCCc1nnc(NC(=O)[C@@H](N)C(C)(C)C)s1.Cl. The molecule has 0 fully saturated rings. The number of nitrogens with two attached hydrogens (primary N) is 1. The summed E-state index contributed by atoms with van der Waals surface area (Å²) < 4.78 is 0. The molecule has 104 valence electrons. The quantitative estimate of drug-likeness (QED) is 0.891. The van der Waals surface area contributed by atoms with Crippen molar-refractivity contribution >= 4 is 34.8 Å². The highest BCUT2D eigenvalue weighted by molar-refractivity contribution is 7.15. The first-order valence-corrected chi connectivity index (χ1v) is 6.55. The number of aromatic nitrogens is 2. The Labute approximate surface area is 118 Å². The van der Waals surface area contributed by atoms with Gasteiger partial charge in [0, 0.05) is 6.42 Å². The number of hydrogen-bond acceptors (Lipinski definition) is 5. The van der Waals surface area contributed by atoms with Crippen LogP contribution >= 0.6 is 23.7 Å². The average molecular weight is 293 g/mol. The fourth-order valence-corrected chi connectivity index (χ4v) is 2.04. The molecule has 1 atom stereocenters. The molecule has 5 nitrogen and oxygen atoms in total. The summed E-state index contributed by atoms with van der Waals surface area (Å²) in [6.45, 7) is 7.87. The lowest BCUT2D eigenvalue weighted by molar-refractivity contribution is -0.119. The van der Waals surface area contributed by atoms with E-state index in [1.165, 1.54) is 11.3 Å². The van der Waals surface area contributed by atoms with Gasteiger partial charge in [0.15, 0.2) is 0 Å². The first-order chi connectivity index (χ1) is 7.84. The summed E-state index contributed by atoms with van der Waals surface area (Å²) in [6.07, 6.45) is 1.91. The van der Waals surface area contributed by atoms with Crippen molar-refractivity contribution in [3.05, 3.63) is 5.01 Å². The highest BCUT2D eigenvalue weighted by atomic mass is 35.5. The number of amides is 1. The smallest absolute Gasteiger partial charge is 0.243 e. The van der Waals surface area contributed by atoms with Gasteiger partial charge < -0.3 is 5.73 Å². The van der Waals surface area contributed by atoms with E-state index in [9.17, 15) is 4.79 Å². The lowest BCUT2D eigenvalue weighted by Gasteiger charge is -2.25. The van der Waals surface area contributed by atoms with Crippen LogP contribution in [0.2, 0.25) is 0 Å². The number of carbonyl (C=O) groups is 1. The summed E-state index contributed by atoms with van der Waals surface area (Å²) in [4.78, 5) is 11.8. The van der Waals surface area contributed by atoms with Crippen molar-refractivity contribution in [2.24, 2.45) is 11.1 Å². The van der Waals surface area contributed by atoms with Gasteiger partial charge in [-0.05, 0) is 11.8 Å². The van der Waals surface area contributed by atoms with Crippen LogP contribution in [0.25, 0.3) is 0 Å². The molecular formula is C11H21ClN4OS. The van der Waals surface area contributed by atoms with Crippen LogP contribution in [0.3, 0.4) is 0 Å². The second-order valence-electron chi connectivity index (χ2n) is 5.08. The van der Waals surface area contributed by atoms with E-state index in [0.29, 0.717) is 5.13 Å². The Hall–Kier alpha value is -0.720. The summed E-state index contributed by atoms with van der Waals surface area (Å²) in [5.41, 5.74) is 5.59. The lowest BCUT2D eigenvalue weighted by Crippen LogP contribution is -2.45. The highest BCUT2D eigenvalue weighted by Gasteiger charge is 2.28. The van der Waals surface area contributed by atoms with Crippen molar-refractivity contribution in [2.45, 2.75) is 46.6 Å². The van der Waals surface area contributed by atoms with Gasteiger partial charge in [-0.15, -0.1) is 22.6 Å². The molecule has 1 aromatic heterocycles. The topological polar surface area (TPSA) is 80.9 Å². The highest BCUT2D eigenvalue weighted by Crippen LogP contribution is 2.21. The fourth-order valence-electron chi connectivity index (χ4n) is 1.20. The molecule has 0 spiro atoms. The third-order valence-corrected chi connectivity index (χ3v) is 3.27. The van der Waals surface area contributed by atoms with E-state index in [1.807, 2.05) is 20.8 Å². The van der Waals surface area contributed by atoms with Gasteiger partial charge >= 0.3 is 0 Å². The lowest BCUT2D eigenvalue weighted by atomic mass is 9.87. The predicted octanol–water partition coefficient (Wildman–Crippen LogP) is 2.22. The van der Waals surface area contributed by atoms with E-state index < -0.39 is 6.04 Å². The van der Waals surface area contributed by atoms with Crippen molar-refractivity contribution in [3.63, 3.8) is 0 Å². The second kappa shape index (κ2) is 7.01. The number of aryl methyl sites for hydroxylation is 1. The van der Waals surface area contributed by atoms with Crippen molar-refractivity contribution in [2.75, 3.05) is 5.32 Å². The van der Waals surface area contributed by atoms with Crippen LogP contribution in [0.5, 0.6) is 0 Å². The standard InChI is InChI=1S/C11H20N4OS.ClH/c1-5-6-7-14-15-10(17-7)13-9(16)8(12)11(2,3)4;/h8H,5-6,12H2,1-4H3,(H,13,15,16);1H/t8-;/m1./s1. The van der Waals surface area contributed by atoms with Crippen molar-refractivity contribution < 1.29 is 4.79 Å². The van der Waals surface area contributed by atoms with Gasteiger partial charge in [0.1, 0.15) is 5.01 Å². The molecule has 0 aliphatic rings. The number of nitrogens with one attached hydrogen (secondary N) is 1. The third kappa shape index (κ3) is 4.88. The van der Waals surface area contributed by atoms with Crippen molar-refractivity contribution in [1.29, 1.82) is 0 Å². The minimum Gasteiger partial charge on any atom is -0.319 e. The van der Waals surface area contributed by atoms with E-state index >= 15 is 0 Å². The zero-order chi connectivity index (χ0) is 13.1. The number of anilines is 1. The number of nitrogens with zero attached hydrogens (tertiary/aromatic N) is 2. The molecule has 0 bridgehead atoms. The first kappa shape index (κ1) is 17.3. The molecule has 0 aromatic carbocycles. The Morgan fingerprint density at radius 3 is 2.56 bits per heavy atom. The maximum absolute atomic E-state index is 11.8. The number of carbonyl (C=O) groups excluding carboxylic acids is 1. The molecule has 1 amide bonds. The summed E-state index contributed by atoms with van der Waals surface area (Å²) in [6, 6.07) is -0.555. The van der Waals surface area contributed by atoms with Crippen molar-refractivity contribution in [3.8, 4) is 0 Å². The normalized spacial score (nSPS) is 12.7. The van der Waals surface area contributed by atoms with Crippen LogP contribution < -0.4 is 11.1 Å². The van der Waals surface area contributed by atoms with Crippen LogP contribution in [0.15, 0.2) is 0 Å². The Morgan fingerprint density at radius 1 is 1.44 bits per heavy atom. The van der Waals surface area contributed by atoms with Crippen LogP contribution in [-0.4, -0.2) is 22.1 Å². The van der Waals surface area contributed by atoms with Gasteiger partial charge in [-0.3, -0.25) is 10.1 Å². The number of rotatable bonds is 4. The molecule has 7 heteroatoms. The van der Waals surface area contributed by atoms with E-state index in [0.717, 1.165) is 17.8 Å². The van der Waals surface area contributed by atoms with E-state index in [4.69, 9.17) is 5.73 Å². The summed E-state index contributed by atoms with van der Waals surface area (Å²) in [7, 11) is 0. The molecule has 0 aliphatic heterocycles. The summed E-state index contributed by atoms with van der Waals surface area (Å²) >= 11 is 1.40. The van der Waals surface area contributed by atoms with Gasteiger partial charge in [-0.1, -0.05) is 39.0 Å². The largest absolute Gasteiger partial charge is 0.319 e. The third-order valence-electron chi connectivity index (χ3n) is 2.38. The second-order valence-corrected chi connectivity index (χ2v) is 6.15. The molecule has 18 heavy (non-hydrogen) atoms. The zero-order valence-corrected chi connectivity index (χ0v) is 12.8. The van der Waals surface area contributed by atoms with E-state index in [2.05, 4.69) is 22.4 Å². The van der Waals surface area contributed by atoms with Gasteiger partial charge in [0.2, 0.25) is 11.0 Å². The molecule has 0 radical (unpaired) electrons. The molecule has 0 unspecified atom stereocenters.